The van der Waals surface area contributed by atoms with Gasteiger partial charge in [0.15, 0.2) is 5.75 Å². The fourth-order valence-corrected chi connectivity index (χ4v) is 3.04. The van der Waals surface area contributed by atoms with Crippen LogP contribution >= 0.6 is 27.3 Å². The van der Waals surface area contributed by atoms with Crippen LogP contribution in [0.25, 0.3) is 0 Å². The molecule has 0 spiro atoms. The maximum Gasteiger partial charge on any atom is 0.342 e. The Bertz CT molecular complexity index is 612. The van der Waals surface area contributed by atoms with Crippen molar-refractivity contribution in [3.63, 3.8) is 0 Å². The van der Waals surface area contributed by atoms with Crippen LogP contribution in [0.4, 0.5) is 5.69 Å². The van der Waals surface area contributed by atoms with E-state index < -0.39 is 5.97 Å². The van der Waals surface area contributed by atoms with E-state index >= 15 is 0 Å². The Hall–Kier alpha value is -1.53. The van der Waals surface area contributed by atoms with Crippen LogP contribution in [0.15, 0.2) is 34.1 Å². The van der Waals surface area contributed by atoms with Gasteiger partial charge >= 0.3 is 5.97 Å². The number of nitrogen functional groups attached to an aromatic ring is 1. The van der Waals surface area contributed by atoms with Gasteiger partial charge < -0.3 is 15.2 Å². The van der Waals surface area contributed by atoms with Crippen molar-refractivity contribution in [2.45, 2.75) is 13.5 Å². The average Bonchev–Trinajstić information content (AvgIpc) is 2.84. The standard InChI is InChI=1S/C14H14BrNO3S/c1-2-18-13-9(4-3-5-11(13)16)14(17)19-8-12-10(15)6-7-20-12/h3-7H,2,8,16H2,1H3. The predicted molar refractivity (Wildman–Crippen MR) is 83.2 cm³/mol. The molecule has 0 radical (unpaired) electrons. The number of benzene rings is 1. The molecule has 106 valence electrons. The van der Waals surface area contributed by atoms with E-state index in [4.69, 9.17) is 15.2 Å². The minimum atomic E-state index is -0.443. The van der Waals surface area contributed by atoms with Gasteiger partial charge in [0, 0.05) is 4.47 Å². The highest BCUT2D eigenvalue weighted by Gasteiger charge is 2.17. The quantitative estimate of drug-likeness (QED) is 0.653. The van der Waals surface area contributed by atoms with E-state index in [0.717, 1.165) is 9.35 Å². The van der Waals surface area contributed by atoms with Crippen LogP contribution in [0.2, 0.25) is 0 Å². The van der Waals surface area contributed by atoms with E-state index in [1.165, 1.54) is 11.3 Å². The van der Waals surface area contributed by atoms with Gasteiger partial charge in [0.2, 0.25) is 0 Å². The summed E-state index contributed by atoms with van der Waals surface area (Å²) in [5.74, 6) is -0.0636. The number of anilines is 1. The molecular formula is C14H14BrNO3S. The van der Waals surface area contributed by atoms with Gasteiger partial charge in [0.1, 0.15) is 12.2 Å². The summed E-state index contributed by atoms with van der Waals surface area (Å²) in [4.78, 5) is 13.1. The zero-order valence-corrected chi connectivity index (χ0v) is 13.3. The number of thiophene rings is 1. The Morgan fingerprint density at radius 1 is 1.40 bits per heavy atom. The number of ether oxygens (including phenoxy) is 2. The van der Waals surface area contributed by atoms with Gasteiger partial charge in [-0.3, -0.25) is 0 Å². The first-order valence-corrected chi connectivity index (χ1v) is 7.71. The first-order chi connectivity index (χ1) is 9.63. The normalized spacial score (nSPS) is 10.3. The maximum absolute atomic E-state index is 12.1. The lowest BCUT2D eigenvalue weighted by Gasteiger charge is -2.12. The average molecular weight is 356 g/mol. The maximum atomic E-state index is 12.1. The van der Waals surface area contributed by atoms with Crippen LogP contribution in [0.3, 0.4) is 0 Å². The predicted octanol–water partition coefficient (Wildman–Crippen LogP) is 3.85. The van der Waals surface area contributed by atoms with E-state index in [1.807, 2.05) is 18.4 Å². The van der Waals surface area contributed by atoms with Crippen LogP contribution in [0.1, 0.15) is 22.2 Å². The van der Waals surface area contributed by atoms with E-state index in [0.29, 0.717) is 23.6 Å². The molecule has 0 atom stereocenters. The van der Waals surface area contributed by atoms with E-state index in [2.05, 4.69) is 15.9 Å². The summed E-state index contributed by atoms with van der Waals surface area (Å²) < 4.78 is 11.7. The Morgan fingerprint density at radius 2 is 2.20 bits per heavy atom. The van der Waals surface area contributed by atoms with Crippen LogP contribution in [-0.2, 0) is 11.3 Å². The number of carbonyl (C=O) groups excluding carboxylic acids is 1. The van der Waals surface area contributed by atoms with Crippen LogP contribution in [0.5, 0.6) is 5.75 Å². The van der Waals surface area contributed by atoms with Gasteiger partial charge in [0.25, 0.3) is 0 Å². The molecule has 0 amide bonds. The summed E-state index contributed by atoms with van der Waals surface area (Å²) in [5.41, 5.74) is 6.60. The van der Waals surface area contributed by atoms with Crippen molar-refractivity contribution in [3.05, 3.63) is 44.6 Å². The molecule has 1 aromatic heterocycles. The number of rotatable bonds is 5. The van der Waals surface area contributed by atoms with Crippen molar-refractivity contribution in [3.8, 4) is 5.75 Å². The zero-order chi connectivity index (χ0) is 14.5. The molecule has 0 aliphatic rings. The second-order valence-corrected chi connectivity index (χ2v) is 5.78. The van der Waals surface area contributed by atoms with Crippen molar-refractivity contribution < 1.29 is 14.3 Å². The van der Waals surface area contributed by atoms with Crippen molar-refractivity contribution in [2.75, 3.05) is 12.3 Å². The minimum Gasteiger partial charge on any atom is -0.491 e. The molecule has 0 aliphatic heterocycles. The number of halogens is 1. The molecule has 2 aromatic rings. The Kier molecular flexibility index (Phi) is 5.03. The molecular weight excluding hydrogens is 342 g/mol. The second kappa shape index (κ2) is 6.76. The van der Waals surface area contributed by atoms with Crippen LogP contribution in [-0.4, -0.2) is 12.6 Å². The van der Waals surface area contributed by atoms with Gasteiger partial charge in [-0.1, -0.05) is 6.07 Å². The zero-order valence-electron chi connectivity index (χ0n) is 10.9. The van der Waals surface area contributed by atoms with Gasteiger partial charge in [-0.2, -0.15) is 0 Å². The van der Waals surface area contributed by atoms with E-state index in [1.54, 1.807) is 18.2 Å². The monoisotopic (exact) mass is 355 g/mol. The number of hydrogen-bond donors (Lipinski definition) is 1. The van der Waals surface area contributed by atoms with E-state index in [-0.39, 0.29) is 6.61 Å². The Morgan fingerprint density at radius 3 is 2.85 bits per heavy atom. The second-order valence-electron chi connectivity index (χ2n) is 3.92. The van der Waals surface area contributed by atoms with Gasteiger partial charge in [-0.25, -0.2) is 4.79 Å². The highest BCUT2D eigenvalue weighted by Crippen LogP contribution is 2.28. The SMILES string of the molecule is CCOc1c(N)cccc1C(=O)OCc1sccc1Br. The molecule has 1 aromatic carbocycles. The molecule has 0 unspecified atom stereocenters. The molecule has 20 heavy (non-hydrogen) atoms. The van der Waals surface area contributed by atoms with Gasteiger partial charge in [-0.05, 0) is 46.4 Å². The molecule has 6 heteroatoms. The first-order valence-electron chi connectivity index (χ1n) is 6.03. The van der Waals surface area contributed by atoms with Crippen molar-refractivity contribution in [1.29, 1.82) is 0 Å². The summed E-state index contributed by atoms with van der Waals surface area (Å²) >= 11 is 4.92. The lowest BCUT2D eigenvalue weighted by molar-refractivity contribution is 0.0472. The lowest BCUT2D eigenvalue weighted by Crippen LogP contribution is -2.09. The lowest BCUT2D eigenvalue weighted by atomic mass is 10.2. The number of carbonyl (C=O) groups is 1. The molecule has 1 heterocycles. The summed E-state index contributed by atoms with van der Waals surface area (Å²) in [7, 11) is 0. The third kappa shape index (κ3) is 3.32. The van der Waals surface area contributed by atoms with Crippen molar-refractivity contribution >= 4 is 38.9 Å². The number of esters is 1. The molecule has 4 nitrogen and oxygen atoms in total. The first kappa shape index (κ1) is 14.9. The highest BCUT2D eigenvalue weighted by atomic mass is 79.9. The number of nitrogens with two attached hydrogens (primary N) is 1. The fraction of sp³-hybridized carbons (Fsp3) is 0.214. The molecule has 0 aliphatic carbocycles. The highest BCUT2D eigenvalue weighted by molar-refractivity contribution is 9.10. The smallest absolute Gasteiger partial charge is 0.342 e. The topological polar surface area (TPSA) is 61.5 Å². The summed E-state index contributed by atoms with van der Waals surface area (Å²) in [6, 6.07) is 6.96. The largest absolute Gasteiger partial charge is 0.491 e. The molecule has 0 fully saturated rings. The molecule has 2 rings (SSSR count). The minimum absolute atomic E-state index is 0.220. The molecule has 0 saturated carbocycles. The van der Waals surface area contributed by atoms with Crippen LogP contribution in [0, 0.1) is 0 Å². The number of hydrogen-bond acceptors (Lipinski definition) is 5. The van der Waals surface area contributed by atoms with Gasteiger partial charge in [-0.15, -0.1) is 11.3 Å². The van der Waals surface area contributed by atoms with Crippen LogP contribution < -0.4 is 10.5 Å². The summed E-state index contributed by atoms with van der Waals surface area (Å²) in [5, 5.41) is 1.93. The van der Waals surface area contributed by atoms with E-state index in [9.17, 15) is 4.79 Å². The fourth-order valence-electron chi connectivity index (χ4n) is 1.66. The third-order valence-electron chi connectivity index (χ3n) is 2.58. The summed E-state index contributed by atoms with van der Waals surface area (Å²) in [6.45, 7) is 2.49. The number of para-hydroxylation sites is 1. The molecule has 2 N–H and O–H groups in total. The third-order valence-corrected chi connectivity index (χ3v) is 4.48. The molecule has 0 saturated heterocycles. The molecule has 0 bridgehead atoms. The Labute approximate surface area is 129 Å². The van der Waals surface area contributed by atoms with Crippen molar-refractivity contribution in [2.24, 2.45) is 0 Å². The summed E-state index contributed by atoms with van der Waals surface area (Å²) in [6.07, 6.45) is 0. The Balaban J connectivity index is 2.13. The van der Waals surface area contributed by atoms with Gasteiger partial charge in [0.05, 0.1) is 17.2 Å². The van der Waals surface area contributed by atoms with Crippen molar-refractivity contribution in [1.82, 2.24) is 0 Å².